The van der Waals surface area contributed by atoms with Crippen LogP contribution in [0.4, 0.5) is 0 Å². The van der Waals surface area contributed by atoms with Crippen molar-refractivity contribution in [2.45, 2.75) is 44.6 Å². The maximum absolute atomic E-state index is 11.7. The first-order chi connectivity index (χ1) is 15.5. The number of ether oxygens (including phenoxy) is 1. The highest BCUT2D eigenvalue weighted by Gasteiger charge is 2.43. The predicted molar refractivity (Wildman–Crippen MR) is 115 cm³/mol. The second-order valence-electron chi connectivity index (χ2n) is 7.97. The Balaban J connectivity index is 1.49. The fraction of sp³-hybridized carbons (Fsp3) is 0.545. The molecule has 1 saturated heterocycles. The molecule has 1 fully saturated rings. The van der Waals surface area contributed by atoms with Crippen LogP contribution >= 0.6 is 0 Å². The normalized spacial score (nSPS) is 19.7. The highest BCUT2D eigenvalue weighted by molar-refractivity contribution is 6.28. The summed E-state index contributed by atoms with van der Waals surface area (Å²) in [5.41, 5.74) is 1.24. The molecule has 0 radical (unpaired) electrons. The summed E-state index contributed by atoms with van der Waals surface area (Å²) in [5.74, 6) is -1.89. The monoisotopic (exact) mass is 444 g/mol. The van der Waals surface area contributed by atoms with Crippen LogP contribution in [0.2, 0.25) is 0 Å². The minimum Gasteiger partial charge on any atom is -0.489 e. The quantitative estimate of drug-likeness (QED) is 0.114. The molecule has 0 aromatic heterocycles. The van der Waals surface area contributed by atoms with Crippen LogP contribution < -0.4 is 15.4 Å². The van der Waals surface area contributed by atoms with E-state index in [0.717, 1.165) is 44.4 Å². The summed E-state index contributed by atoms with van der Waals surface area (Å²) in [7, 11) is 0. The maximum atomic E-state index is 11.7. The SMILES string of the molecule is N#CNC(=NCCCNCC1CCc2ccccc2O1)[N+]1(OC(=O)C(=O)O)CCCCC1. The van der Waals surface area contributed by atoms with E-state index in [1.54, 1.807) is 0 Å². The lowest BCUT2D eigenvalue weighted by molar-refractivity contribution is -1.02. The van der Waals surface area contributed by atoms with Crippen molar-refractivity contribution < 1.29 is 28.9 Å². The summed E-state index contributed by atoms with van der Waals surface area (Å²) in [6, 6.07) is 8.09. The van der Waals surface area contributed by atoms with E-state index < -0.39 is 11.9 Å². The minimum absolute atomic E-state index is 0.127. The topological polar surface area (TPSA) is 133 Å². The van der Waals surface area contributed by atoms with Crippen molar-refractivity contribution in [2.24, 2.45) is 4.99 Å². The number of aliphatic imine (C=N–C) groups is 1. The number of nitrogens with one attached hydrogen (secondary N) is 2. The van der Waals surface area contributed by atoms with Gasteiger partial charge in [-0.2, -0.15) is 5.26 Å². The lowest BCUT2D eigenvalue weighted by Gasteiger charge is -2.35. The average molecular weight is 445 g/mol. The van der Waals surface area contributed by atoms with Gasteiger partial charge in [-0.1, -0.05) is 22.8 Å². The summed E-state index contributed by atoms with van der Waals surface area (Å²) in [6.07, 6.45) is 7.06. The molecule has 10 nitrogen and oxygen atoms in total. The van der Waals surface area contributed by atoms with Crippen molar-refractivity contribution in [1.82, 2.24) is 10.6 Å². The largest absolute Gasteiger partial charge is 0.489 e. The highest BCUT2D eigenvalue weighted by Crippen LogP contribution is 2.26. The summed E-state index contributed by atoms with van der Waals surface area (Å²) in [5, 5.41) is 24.0. The van der Waals surface area contributed by atoms with Crippen molar-refractivity contribution in [2.75, 3.05) is 32.7 Å². The first kappa shape index (κ1) is 23.5. The van der Waals surface area contributed by atoms with Crippen molar-refractivity contribution in [1.29, 1.82) is 5.26 Å². The van der Waals surface area contributed by atoms with Gasteiger partial charge in [0.15, 0.2) is 6.19 Å². The van der Waals surface area contributed by atoms with Crippen LogP contribution in [0.1, 0.15) is 37.7 Å². The minimum atomic E-state index is -1.67. The Labute approximate surface area is 187 Å². The van der Waals surface area contributed by atoms with Crippen molar-refractivity contribution >= 4 is 17.9 Å². The number of carboxylic acid groups (broad SMARTS) is 1. The zero-order valence-electron chi connectivity index (χ0n) is 18.1. The van der Waals surface area contributed by atoms with Crippen LogP contribution in [-0.2, 0) is 20.8 Å². The van der Waals surface area contributed by atoms with Gasteiger partial charge < -0.3 is 15.2 Å². The number of nitriles is 1. The van der Waals surface area contributed by atoms with Gasteiger partial charge in [-0.15, -0.1) is 0 Å². The number of rotatable bonds is 6. The number of quaternary nitrogens is 1. The molecule has 0 aliphatic carbocycles. The smallest absolute Gasteiger partial charge is 0.474 e. The molecule has 3 rings (SSSR count). The number of carboxylic acids is 1. The standard InChI is InChI=1S/C22H29N5O5/c23-16-26-22(27(13-4-1-5-14-27)32-21(30)20(28)29)25-12-6-11-24-15-18-10-9-17-7-2-3-8-19(17)31-18/h2-3,7-8,18,24H,1,4-6,9-15H2,(H-,25,26,28,29)/p+1. The number of aryl methyl sites for hydroxylation is 1. The molecule has 0 bridgehead atoms. The molecule has 0 spiro atoms. The van der Waals surface area contributed by atoms with E-state index in [4.69, 9.17) is 19.9 Å². The Morgan fingerprint density at radius 2 is 2.06 bits per heavy atom. The molecule has 2 aliphatic rings. The van der Waals surface area contributed by atoms with E-state index in [1.807, 2.05) is 24.4 Å². The van der Waals surface area contributed by atoms with E-state index in [-0.39, 0.29) is 16.7 Å². The number of piperidine rings is 1. The van der Waals surface area contributed by atoms with Crippen molar-refractivity contribution in [3.8, 4) is 11.9 Å². The highest BCUT2D eigenvalue weighted by atomic mass is 16.8. The van der Waals surface area contributed by atoms with Gasteiger partial charge in [-0.25, -0.2) is 19.9 Å². The molecular weight excluding hydrogens is 414 g/mol. The van der Waals surface area contributed by atoms with E-state index in [1.165, 1.54) is 5.56 Å². The van der Waals surface area contributed by atoms with Gasteiger partial charge in [0.25, 0.3) is 0 Å². The molecule has 32 heavy (non-hydrogen) atoms. The van der Waals surface area contributed by atoms with Gasteiger partial charge >= 0.3 is 17.9 Å². The number of nitrogens with zero attached hydrogens (tertiary/aromatic N) is 3. The maximum Gasteiger partial charge on any atom is 0.474 e. The molecule has 1 unspecified atom stereocenters. The number of fused-ring (bicyclic) bond motifs is 1. The second-order valence-corrected chi connectivity index (χ2v) is 7.97. The Morgan fingerprint density at radius 1 is 1.28 bits per heavy atom. The average Bonchev–Trinajstić information content (AvgIpc) is 2.81. The Bertz CT molecular complexity index is 876. The van der Waals surface area contributed by atoms with E-state index in [9.17, 15) is 9.59 Å². The molecule has 1 atom stereocenters. The van der Waals surface area contributed by atoms with Crippen molar-refractivity contribution in [3.05, 3.63) is 29.8 Å². The number of para-hydroxylation sites is 1. The van der Waals surface area contributed by atoms with Gasteiger partial charge in [-0.3, -0.25) is 4.84 Å². The number of hydrogen-bond acceptors (Lipinski definition) is 7. The number of benzene rings is 1. The first-order valence-corrected chi connectivity index (χ1v) is 11.0. The Kier molecular flexibility index (Phi) is 8.41. The predicted octanol–water partition coefficient (Wildman–Crippen LogP) is 1.33. The Morgan fingerprint density at radius 3 is 2.81 bits per heavy atom. The molecular formula is C22H30N5O5+. The third kappa shape index (κ3) is 6.18. The van der Waals surface area contributed by atoms with Crippen LogP contribution in [0, 0.1) is 11.5 Å². The lowest BCUT2D eigenvalue weighted by Crippen LogP contribution is -2.61. The summed E-state index contributed by atoms with van der Waals surface area (Å²) in [6.45, 7) is 2.60. The van der Waals surface area contributed by atoms with Gasteiger partial charge in [0.1, 0.15) is 24.9 Å². The summed E-state index contributed by atoms with van der Waals surface area (Å²) >= 11 is 0. The first-order valence-electron chi connectivity index (χ1n) is 11.0. The molecule has 2 aliphatic heterocycles. The van der Waals surface area contributed by atoms with Gasteiger partial charge in [0.05, 0.1) is 0 Å². The van der Waals surface area contributed by atoms with E-state index >= 15 is 0 Å². The molecule has 3 N–H and O–H groups in total. The van der Waals surface area contributed by atoms with Crippen LogP contribution in [0.3, 0.4) is 0 Å². The molecule has 0 amide bonds. The zero-order chi connectivity index (χ0) is 22.8. The number of carbonyl (C=O) groups excluding carboxylic acids is 1. The van der Waals surface area contributed by atoms with Gasteiger partial charge in [0, 0.05) is 25.9 Å². The molecule has 172 valence electrons. The fourth-order valence-corrected chi connectivity index (χ4v) is 4.06. The lowest BCUT2D eigenvalue weighted by atomic mass is 10.0. The number of carbonyl (C=O) groups is 2. The number of likely N-dealkylation sites (tertiary alicyclic amines) is 1. The van der Waals surface area contributed by atoms with Crippen LogP contribution in [0.5, 0.6) is 5.75 Å². The molecule has 2 heterocycles. The van der Waals surface area contributed by atoms with Crippen LogP contribution in [-0.4, -0.2) is 66.5 Å². The molecule has 10 heteroatoms. The number of aliphatic carboxylic acids is 1. The van der Waals surface area contributed by atoms with E-state index in [0.29, 0.717) is 32.6 Å². The number of hydrogen-bond donors (Lipinski definition) is 3. The number of hydroxylamine groups is 3. The Hall–Kier alpha value is -3.16. The second kappa shape index (κ2) is 11.5. The van der Waals surface area contributed by atoms with Crippen LogP contribution in [0.15, 0.2) is 29.3 Å². The zero-order valence-corrected chi connectivity index (χ0v) is 18.1. The summed E-state index contributed by atoms with van der Waals surface area (Å²) < 4.78 is 5.64. The van der Waals surface area contributed by atoms with E-state index in [2.05, 4.69) is 21.7 Å². The third-order valence-electron chi connectivity index (χ3n) is 5.67. The fourth-order valence-electron chi connectivity index (χ4n) is 4.06. The van der Waals surface area contributed by atoms with Crippen LogP contribution in [0.25, 0.3) is 0 Å². The van der Waals surface area contributed by atoms with Gasteiger partial charge in [-0.05, 0) is 43.9 Å². The van der Waals surface area contributed by atoms with Crippen molar-refractivity contribution in [3.63, 3.8) is 0 Å². The van der Waals surface area contributed by atoms with Gasteiger partial charge in [0.2, 0.25) is 0 Å². The molecule has 1 aromatic rings. The number of guanidine groups is 1. The third-order valence-corrected chi connectivity index (χ3v) is 5.67. The summed E-state index contributed by atoms with van der Waals surface area (Å²) in [4.78, 5) is 32.5. The molecule has 1 aromatic carbocycles. The molecule has 0 saturated carbocycles.